The van der Waals surface area contributed by atoms with E-state index < -0.39 is 0 Å². The lowest BCUT2D eigenvalue weighted by atomic mass is 10.1. The quantitative estimate of drug-likeness (QED) is 0.365. The molecule has 156 valence electrons. The van der Waals surface area contributed by atoms with Crippen molar-refractivity contribution in [1.29, 1.82) is 0 Å². The minimum absolute atomic E-state index is 0.596. The molecule has 2 atom stereocenters. The van der Waals surface area contributed by atoms with Gasteiger partial charge in [0.1, 0.15) is 0 Å². The number of likely N-dealkylation sites (tertiary alicyclic amines) is 1. The van der Waals surface area contributed by atoms with E-state index in [0.717, 1.165) is 104 Å². The third-order valence-corrected chi connectivity index (χ3v) is 5.63. The van der Waals surface area contributed by atoms with Crippen molar-refractivity contribution in [2.24, 2.45) is 16.8 Å². The van der Waals surface area contributed by atoms with Gasteiger partial charge < -0.3 is 24.4 Å². The van der Waals surface area contributed by atoms with Crippen LogP contribution in [0.2, 0.25) is 0 Å². The molecule has 3 aliphatic heterocycles. The Morgan fingerprint density at radius 2 is 2.00 bits per heavy atom. The average molecular weight is 383 g/mol. The number of guanidine groups is 1. The Morgan fingerprint density at radius 1 is 1.11 bits per heavy atom. The lowest BCUT2D eigenvalue weighted by Gasteiger charge is -2.29. The van der Waals surface area contributed by atoms with E-state index in [9.17, 15) is 0 Å². The van der Waals surface area contributed by atoms with Crippen molar-refractivity contribution >= 4 is 5.96 Å². The minimum atomic E-state index is 0.596. The molecule has 27 heavy (non-hydrogen) atoms. The Balaban J connectivity index is 1.33. The molecule has 0 aromatic rings. The second-order valence-electron chi connectivity index (χ2n) is 7.91. The van der Waals surface area contributed by atoms with Gasteiger partial charge in [-0.05, 0) is 32.1 Å². The predicted octanol–water partition coefficient (Wildman–Crippen LogP) is 1.05. The molecule has 3 rings (SSSR count). The molecule has 0 aromatic heterocycles. The van der Waals surface area contributed by atoms with Crippen molar-refractivity contribution in [2.75, 3.05) is 85.5 Å². The van der Waals surface area contributed by atoms with Gasteiger partial charge in [-0.2, -0.15) is 0 Å². The molecule has 0 amide bonds. The van der Waals surface area contributed by atoms with Gasteiger partial charge in [0.05, 0.1) is 26.4 Å². The summed E-state index contributed by atoms with van der Waals surface area (Å²) in [7, 11) is 0. The Hall–Kier alpha value is -0.890. The monoisotopic (exact) mass is 382 g/mol. The Kier molecular flexibility index (Phi) is 9.14. The lowest BCUT2D eigenvalue weighted by Crippen LogP contribution is -2.42. The number of nitrogens with zero attached hydrogens (tertiary/aromatic N) is 3. The number of rotatable bonds is 9. The summed E-state index contributed by atoms with van der Waals surface area (Å²) in [6.07, 6.45) is 3.38. The van der Waals surface area contributed by atoms with Gasteiger partial charge in [0, 0.05) is 64.9 Å². The van der Waals surface area contributed by atoms with Crippen LogP contribution in [0.25, 0.3) is 0 Å². The summed E-state index contributed by atoms with van der Waals surface area (Å²) in [5.74, 6) is 2.41. The third-order valence-electron chi connectivity index (χ3n) is 5.63. The van der Waals surface area contributed by atoms with Crippen molar-refractivity contribution in [2.45, 2.75) is 26.2 Å². The van der Waals surface area contributed by atoms with Crippen LogP contribution in [0.1, 0.15) is 26.2 Å². The summed E-state index contributed by atoms with van der Waals surface area (Å²) < 4.78 is 16.6. The zero-order valence-corrected chi connectivity index (χ0v) is 17.0. The highest BCUT2D eigenvalue weighted by Crippen LogP contribution is 2.18. The molecule has 3 heterocycles. The molecular formula is C20H38N4O3. The van der Waals surface area contributed by atoms with E-state index in [4.69, 9.17) is 19.2 Å². The van der Waals surface area contributed by atoms with Crippen LogP contribution in [0.15, 0.2) is 4.99 Å². The van der Waals surface area contributed by atoms with Gasteiger partial charge in [-0.1, -0.05) is 0 Å². The highest BCUT2D eigenvalue weighted by atomic mass is 16.5. The molecule has 0 bridgehead atoms. The largest absolute Gasteiger partial charge is 0.381 e. The molecule has 3 saturated heterocycles. The van der Waals surface area contributed by atoms with Crippen LogP contribution in [-0.2, 0) is 14.2 Å². The first-order valence-corrected chi connectivity index (χ1v) is 10.8. The van der Waals surface area contributed by atoms with E-state index in [0.29, 0.717) is 5.92 Å². The maximum Gasteiger partial charge on any atom is 0.193 e. The van der Waals surface area contributed by atoms with Crippen LogP contribution in [0, 0.1) is 11.8 Å². The molecule has 0 saturated carbocycles. The second kappa shape index (κ2) is 11.8. The van der Waals surface area contributed by atoms with Crippen LogP contribution in [-0.4, -0.2) is 101 Å². The smallest absolute Gasteiger partial charge is 0.193 e. The van der Waals surface area contributed by atoms with Gasteiger partial charge in [0.25, 0.3) is 0 Å². The van der Waals surface area contributed by atoms with Crippen molar-refractivity contribution in [3.63, 3.8) is 0 Å². The third kappa shape index (κ3) is 7.22. The fourth-order valence-corrected chi connectivity index (χ4v) is 4.07. The first-order chi connectivity index (χ1) is 13.3. The molecule has 3 aliphatic rings. The Labute approximate surface area is 164 Å². The fraction of sp³-hybridized carbons (Fsp3) is 0.950. The normalized spacial score (nSPS) is 27.4. The van der Waals surface area contributed by atoms with Gasteiger partial charge in [0.15, 0.2) is 5.96 Å². The van der Waals surface area contributed by atoms with Gasteiger partial charge in [-0.25, -0.2) is 0 Å². The standard InChI is InChI=1S/C20H38N4O3/c1-2-21-20(22-6-3-10-26-16-19-5-11-27-17-19)24-7-4-18(15-24)14-23-8-12-25-13-9-23/h18-19H,2-17H2,1H3,(H,21,22). The summed E-state index contributed by atoms with van der Waals surface area (Å²) >= 11 is 0. The van der Waals surface area contributed by atoms with Crippen molar-refractivity contribution in [3.8, 4) is 0 Å². The van der Waals surface area contributed by atoms with E-state index >= 15 is 0 Å². The molecular weight excluding hydrogens is 344 g/mol. The average Bonchev–Trinajstić information content (AvgIpc) is 3.36. The van der Waals surface area contributed by atoms with Crippen LogP contribution in [0.3, 0.4) is 0 Å². The van der Waals surface area contributed by atoms with E-state index in [1.165, 1.54) is 13.0 Å². The Morgan fingerprint density at radius 3 is 2.78 bits per heavy atom. The summed E-state index contributed by atoms with van der Waals surface area (Å²) in [5.41, 5.74) is 0. The number of nitrogens with one attached hydrogen (secondary N) is 1. The van der Waals surface area contributed by atoms with Crippen LogP contribution in [0.4, 0.5) is 0 Å². The predicted molar refractivity (Wildman–Crippen MR) is 107 cm³/mol. The molecule has 7 nitrogen and oxygen atoms in total. The van der Waals surface area contributed by atoms with Crippen molar-refractivity contribution in [1.82, 2.24) is 15.1 Å². The highest BCUT2D eigenvalue weighted by Gasteiger charge is 2.27. The maximum absolute atomic E-state index is 5.79. The zero-order chi connectivity index (χ0) is 18.7. The molecule has 0 spiro atoms. The molecule has 0 radical (unpaired) electrons. The summed E-state index contributed by atoms with van der Waals surface area (Å²) in [6, 6.07) is 0. The van der Waals surface area contributed by atoms with E-state index in [1.807, 2.05) is 0 Å². The topological polar surface area (TPSA) is 58.6 Å². The molecule has 0 aliphatic carbocycles. The molecule has 2 unspecified atom stereocenters. The number of hydrogen-bond donors (Lipinski definition) is 1. The minimum Gasteiger partial charge on any atom is -0.381 e. The summed E-state index contributed by atoms with van der Waals surface area (Å²) in [4.78, 5) is 9.83. The van der Waals surface area contributed by atoms with Crippen LogP contribution < -0.4 is 5.32 Å². The van der Waals surface area contributed by atoms with Crippen molar-refractivity contribution < 1.29 is 14.2 Å². The number of morpholine rings is 1. The molecule has 3 fully saturated rings. The van der Waals surface area contributed by atoms with Crippen LogP contribution >= 0.6 is 0 Å². The van der Waals surface area contributed by atoms with Gasteiger partial charge in [0.2, 0.25) is 0 Å². The molecule has 7 heteroatoms. The lowest BCUT2D eigenvalue weighted by molar-refractivity contribution is 0.0315. The van der Waals surface area contributed by atoms with E-state index in [-0.39, 0.29) is 0 Å². The number of aliphatic imine (C=N–C) groups is 1. The Bertz CT molecular complexity index is 437. The second-order valence-corrected chi connectivity index (χ2v) is 7.91. The van der Waals surface area contributed by atoms with E-state index in [1.54, 1.807) is 0 Å². The van der Waals surface area contributed by atoms with Crippen LogP contribution in [0.5, 0.6) is 0 Å². The highest BCUT2D eigenvalue weighted by molar-refractivity contribution is 5.80. The molecule has 1 N–H and O–H groups in total. The maximum atomic E-state index is 5.79. The van der Waals surface area contributed by atoms with Crippen molar-refractivity contribution in [3.05, 3.63) is 0 Å². The first kappa shape index (κ1) is 20.8. The SMILES string of the molecule is CCNC(=NCCCOCC1CCOC1)N1CCC(CN2CCOCC2)C1. The van der Waals surface area contributed by atoms with Gasteiger partial charge in [-0.3, -0.25) is 9.89 Å². The van der Waals surface area contributed by atoms with Gasteiger partial charge in [-0.15, -0.1) is 0 Å². The summed E-state index contributed by atoms with van der Waals surface area (Å²) in [6.45, 7) is 14.6. The first-order valence-electron chi connectivity index (χ1n) is 10.8. The number of hydrogen-bond acceptors (Lipinski definition) is 5. The number of ether oxygens (including phenoxy) is 3. The zero-order valence-electron chi connectivity index (χ0n) is 17.0. The molecule has 0 aromatic carbocycles. The fourth-order valence-electron chi connectivity index (χ4n) is 4.07. The van der Waals surface area contributed by atoms with E-state index in [2.05, 4.69) is 22.0 Å². The summed E-state index contributed by atoms with van der Waals surface area (Å²) in [5, 5.41) is 3.47. The van der Waals surface area contributed by atoms with Gasteiger partial charge >= 0.3 is 0 Å².